The minimum absolute atomic E-state index is 0.0216. The van der Waals surface area contributed by atoms with Gasteiger partial charge in [-0.1, -0.05) is 30.3 Å². The summed E-state index contributed by atoms with van der Waals surface area (Å²) in [4.78, 5) is 32.9. The molecule has 1 N–H and O–H groups in total. The third kappa shape index (κ3) is 2.78. The molecule has 2 aliphatic heterocycles. The van der Waals surface area contributed by atoms with Gasteiger partial charge in [-0.15, -0.1) is 0 Å². The Hall–Kier alpha value is -2.77. The van der Waals surface area contributed by atoms with Crippen LogP contribution >= 0.6 is 0 Å². The van der Waals surface area contributed by atoms with Crippen molar-refractivity contribution in [3.8, 4) is 0 Å². The van der Waals surface area contributed by atoms with Crippen LogP contribution in [0.1, 0.15) is 21.8 Å². The molecule has 7 nitrogen and oxygen atoms in total. The molecule has 4 rings (SSSR count). The molecule has 0 bridgehead atoms. The van der Waals surface area contributed by atoms with Crippen molar-refractivity contribution in [2.75, 3.05) is 33.4 Å². The molecule has 1 aromatic carbocycles. The van der Waals surface area contributed by atoms with Gasteiger partial charge in [-0.05, 0) is 17.7 Å². The third-order valence-electron chi connectivity index (χ3n) is 5.82. The van der Waals surface area contributed by atoms with E-state index in [1.54, 1.807) is 34.3 Å². The Morgan fingerprint density at radius 3 is 2.46 bits per heavy atom. The van der Waals surface area contributed by atoms with Crippen LogP contribution in [0.15, 0.2) is 54.9 Å². The van der Waals surface area contributed by atoms with Crippen molar-refractivity contribution in [3.05, 3.63) is 66.0 Å². The van der Waals surface area contributed by atoms with E-state index in [1.165, 1.54) is 7.11 Å². The maximum Gasteiger partial charge on any atom is 0.254 e. The number of aromatic nitrogens is 1. The number of amides is 2. The molecule has 2 fully saturated rings. The average molecular weight is 381 g/mol. The molecule has 1 aromatic heterocycles. The Labute approximate surface area is 163 Å². The van der Waals surface area contributed by atoms with Crippen LogP contribution < -0.4 is 0 Å². The Morgan fingerprint density at radius 1 is 1.18 bits per heavy atom. The van der Waals surface area contributed by atoms with Crippen molar-refractivity contribution >= 4 is 11.8 Å². The molecule has 0 unspecified atom stereocenters. The molecule has 28 heavy (non-hydrogen) atoms. The molecule has 146 valence electrons. The summed E-state index contributed by atoms with van der Waals surface area (Å²) < 4.78 is 4.96. The zero-order valence-electron chi connectivity index (χ0n) is 15.7. The lowest BCUT2D eigenvalue weighted by atomic mass is 9.60. The Balaban J connectivity index is 1.67. The van der Waals surface area contributed by atoms with Crippen molar-refractivity contribution in [3.63, 3.8) is 0 Å². The number of carbonyl (C=O) groups excluding carboxylic acids is 2. The van der Waals surface area contributed by atoms with Gasteiger partial charge in [-0.25, -0.2) is 0 Å². The quantitative estimate of drug-likeness (QED) is 0.832. The smallest absolute Gasteiger partial charge is 0.254 e. The summed E-state index contributed by atoms with van der Waals surface area (Å²) in [7, 11) is 1.49. The molecule has 7 heteroatoms. The van der Waals surface area contributed by atoms with E-state index in [0.29, 0.717) is 18.7 Å². The van der Waals surface area contributed by atoms with E-state index < -0.39 is 5.54 Å². The SMILES string of the molecule is COCC(=O)N1CC2(C1)[C@H](c1ccccc1)[C@@H](CO)N2C(=O)c1ccncc1. The number of ether oxygens (including phenoxy) is 1. The fourth-order valence-corrected chi connectivity index (χ4v) is 4.63. The van der Waals surface area contributed by atoms with Gasteiger partial charge in [0.05, 0.1) is 18.2 Å². The average Bonchev–Trinajstić information content (AvgIpc) is 2.68. The first kappa shape index (κ1) is 18.6. The zero-order chi connectivity index (χ0) is 19.7. The summed E-state index contributed by atoms with van der Waals surface area (Å²) in [5.74, 6) is -0.271. The summed E-state index contributed by atoms with van der Waals surface area (Å²) in [6.07, 6.45) is 3.16. The largest absolute Gasteiger partial charge is 0.394 e. The van der Waals surface area contributed by atoms with Crippen LogP contribution in [0.25, 0.3) is 0 Å². The van der Waals surface area contributed by atoms with Gasteiger partial charge in [0.25, 0.3) is 5.91 Å². The van der Waals surface area contributed by atoms with E-state index >= 15 is 0 Å². The molecule has 2 aromatic rings. The summed E-state index contributed by atoms with van der Waals surface area (Å²) in [6, 6.07) is 12.9. The number of likely N-dealkylation sites (tertiary alicyclic amines) is 2. The van der Waals surface area contributed by atoms with Crippen molar-refractivity contribution < 1.29 is 19.4 Å². The van der Waals surface area contributed by atoms with Crippen LogP contribution in [0.4, 0.5) is 0 Å². The molecule has 0 radical (unpaired) electrons. The van der Waals surface area contributed by atoms with E-state index in [1.807, 2.05) is 30.3 Å². The zero-order valence-corrected chi connectivity index (χ0v) is 15.7. The predicted molar refractivity (Wildman–Crippen MR) is 102 cm³/mol. The molecule has 2 saturated heterocycles. The number of hydrogen-bond donors (Lipinski definition) is 1. The van der Waals surface area contributed by atoms with Crippen molar-refractivity contribution in [1.29, 1.82) is 0 Å². The van der Waals surface area contributed by atoms with Crippen LogP contribution in [0.2, 0.25) is 0 Å². The summed E-state index contributed by atoms with van der Waals surface area (Å²) in [6.45, 7) is 0.752. The summed E-state index contributed by atoms with van der Waals surface area (Å²) in [5.41, 5.74) is 1.08. The van der Waals surface area contributed by atoms with Gasteiger partial charge in [0.2, 0.25) is 5.91 Å². The number of benzene rings is 1. The second-order valence-electron chi connectivity index (χ2n) is 7.34. The number of rotatable bonds is 5. The highest BCUT2D eigenvalue weighted by atomic mass is 16.5. The van der Waals surface area contributed by atoms with Crippen LogP contribution in [0.3, 0.4) is 0 Å². The number of carbonyl (C=O) groups is 2. The maximum absolute atomic E-state index is 13.2. The Morgan fingerprint density at radius 2 is 1.86 bits per heavy atom. The van der Waals surface area contributed by atoms with Crippen LogP contribution in [0.5, 0.6) is 0 Å². The van der Waals surface area contributed by atoms with Gasteiger partial charge in [0, 0.05) is 44.1 Å². The van der Waals surface area contributed by atoms with E-state index in [0.717, 1.165) is 5.56 Å². The van der Waals surface area contributed by atoms with E-state index in [2.05, 4.69) is 4.98 Å². The monoisotopic (exact) mass is 381 g/mol. The predicted octanol–water partition coefficient (Wildman–Crippen LogP) is 0.909. The van der Waals surface area contributed by atoms with Crippen molar-refractivity contribution in [1.82, 2.24) is 14.8 Å². The minimum atomic E-state index is -0.515. The summed E-state index contributed by atoms with van der Waals surface area (Å²) >= 11 is 0. The lowest BCUT2D eigenvalue weighted by Crippen LogP contribution is -2.86. The fraction of sp³-hybridized carbons (Fsp3) is 0.381. The van der Waals surface area contributed by atoms with E-state index in [4.69, 9.17) is 4.74 Å². The van der Waals surface area contributed by atoms with Crippen LogP contribution in [0, 0.1) is 0 Å². The number of hydrogen-bond acceptors (Lipinski definition) is 5. The third-order valence-corrected chi connectivity index (χ3v) is 5.82. The molecular weight excluding hydrogens is 358 g/mol. The van der Waals surface area contributed by atoms with E-state index in [-0.39, 0.29) is 37.0 Å². The molecule has 1 spiro atoms. The number of nitrogens with zero attached hydrogens (tertiary/aromatic N) is 3. The molecule has 0 aliphatic carbocycles. The van der Waals surface area contributed by atoms with Gasteiger partial charge in [0.15, 0.2) is 0 Å². The van der Waals surface area contributed by atoms with Gasteiger partial charge in [-0.3, -0.25) is 14.6 Å². The number of aliphatic hydroxyl groups is 1. The molecule has 0 saturated carbocycles. The lowest BCUT2D eigenvalue weighted by molar-refractivity contribution is -0.180. The van der Waals surface area contributed by atoms with Crippen LogP contribution in [-0.4, -0.2) is 76.7 Å². The summed E-state index contributed by atoms with van der Waals surface area (Å²) in [5, 5.41) is 10.1. The fourth-order valence-electron chi connectivity index (χ4n) is 4.63. The van der Waals surface area contributed by atoms with E-state index in [9.17, 15) is 14.7 Å². The van der Waals surface area contributed by atoms with Gasteiger partial charge in [-0.2, -0.15) is 0 Å². The highest BCUT2D eigenvalue weighted by Gasteiger charge is 2.68. The topological polar surface area (TPSA) is 83.0 Å². The molecule has 2 aliphatic rings. The normalized spacial score (nSPS) is 22.5. The van der Waals surface area contributed by atoms with Crippen molar-refractivity contribution in [2.24, 2.45) is 0 Å². The van der Waals surface area contributed by atoms with Gasteiger partial charge in [0.1, 0.15) is 6.61 Å². The number of aliphatic hydroxyl groups excluding tert-OH is 1. The molecular formula is C21H23N3O4. The first-order valence-electron chi connectivity index (χ1n) is 9.28. The molecule has 3 heterocycles. The first-order chi connectivity index (χ1) is 13.6. The van der Waals surface area contributed by atoms with Gasteiger partial charge < -0.3 is 19.6 Å². The Kier molecular flexibility index (Phi) is 4.87. The number of methoxy groups -OCH3 is 1. The second-order valence-corrected chi connectivity index (χ2v) is 7.34. The van der Waals surface area contributed by atoms with Crippen LogP contribution in [-0.2, 0) is 9.53 Å². The standard InChI is InChI=1S/C21H23N3O4/c1-28-12-18(26)23-13-21(14-23)19(15-5-3-2-4-6-15)17(11-25)24(21)20(27)16-7-9-22-10-8-16/h2-10,17,19,25H,11-14H2,1H3/t17-,19-/m1/s1. The molecule has 2 atom stereocenters. The number of pyridine rings is 1. The van der Waals surface area contributed by atoms with Gasteiger partial charge >= 0.3 is 0 Å². The lowest BCUT2D eigenvalue weighted by Gasteiger charge is -2.70. The second kappa shape index (κ2) is 7.33. The minimum Gasteiger partial charge on any atom is -0.394 e. The highest BCUT2D eigenvalue weighted by molar-refractivity contribution is 5.96. The first-order valence-corrected chi connectivity index (χ1v) is 9.28. The highest BCUT2D eigenvalue weighted by Crippen LogP contribution is 2.54. The maximum atomic E-state index is 13.2. The molecule has 2 amide bonds. The van der Waals surface area contributed by atoms with Crippen molar-refractivity contribution in [2.45, 2.75) is 17.5 Å². The Bertz CT molecular complexity index is 852.